The Labute approximate surface area is 132 Å². The van der Waals surface area contributed by atoms with E-state index in [2.05, 4.69) is 9.97 Å². The molecule has 1 aromatic carbocycles. The molecular formula is C16H17N3O4. The molecule has 2 N–H and O–H groups in total. The summed E-state index contributed by atoms with van der Waals surface area (Å²) in [4.78, 5) is 32.3. The molecule has 2 aromatic rings. The minimum absolute atomic E-state index is 0.123. The standard InChI is InChI=1S/C16H17N3O4/c20-13(7-9-23-11-4-2-1-3-5-11)19-8-6-12-14(18-10-17-12)15(19)16(21)22/h1-5,10,15H,6-9H2,(H,17,18)(H,21,22). The number of aliphatic carboxylic acids is 1. The summed E-state index contributed by atoms with van der Waals surface area (Å²) in [6.45, 7) is 0.565. The van der Waals surface area contributed by atoms with Crippen LogP contribution in [0.4, 0.5) is 0 Å². The fourth-order valence-electron chi connectivity index (χ4n) is 2.71. The van der Waals surface area contributed by atoms with Gasteiger partial charge in [-0.05, 0) is 12.1 Å². The number of aromatic nitrogens is 2. The number of nitrogens with zero attached hydrogens (tertiary/aromatic N) is 2. The lowest BCUT2D eigenvalue weighted by atomic mass is 10.0. The molecule has 0 spiro atoms. The van der Waals surface area contributed by atoms with Gasteiger partial charge in [-0.15, -0.1) is 0 Å². The normalized spacial score (nSPS) is 16.7. The summed E-state index contributed by atoms with van der Waals surface area (Å²) >= 11 is 0. The lowest BCUT2D eigenvalue weighted by molar-refractivity contribution is -0.151. The van der Waals surface area contributed by atoms with E-state index in [0.717, 1.165) is 5.69 Å². The third-order valence-electron chi connectivity index (χ3n) is 3.81. The number of para-hydroxylation sites is 1. The van der Waals surface area contributed by atoms with Crippen molar-refractivity contribution in [1.82, 2.24) is 14.9 Å². The molecule has 0 saturated heterocycles. The van der Waals surface area contributed by atoms with E-state index in [4.69, 9.17) is 4.74 Å². The fourth-order valence-corrected chi connectivity index (χ4v) is 2.71. The molecule has 120 valence electrons. The Morgan fingerprint density at radius 3 is 2.87 bits per heavy atom. The molecule has 0 saturated carbocycles. The first-order valence-corrected chi connectivity index (χ1v) is 7.39. The third kappa shape index (κ3) is 3.18. The number of hydrogen-bond acceptors (Lipinski definition) is 4. The number of carboxylic acids is 1. The van der Waals surface area contributed by atoms with E-state index in [0.29, 0.717) is 24.4 Å². The number of carbonyl (C=O) groups is 2. The number of rotatable bonds is 5. The van der Waals surface area contributed by atoms with Gasteiger partial charge in [0, 0.05) is 18.7 Å². The van der Waals surface area contributed by atoms with Crippen molar-refractivity contribution < 1.29 is 19.4 Å². The maximum absolute atomic E-state index is 12.4. The molecule has 7 heteroatoms. The van der Waals surface area contributed by atoms with Crippen LogP contribution < -0.4 is 4.74 Å². The van der Waals surface area contributed by atoms with Gasteiger partial charge in [0.1, 0.15) is 5.75 Å². The van der Waals surface area contributed by atoms with Gasteiger partial charge in [0.05, 0.1) is 25.0 Å². The van der Waals surface area contributed by atoms with E-state index in [-0.39, 0.29) is 18.9 Å². The Hall–Kier alpha value is -2.83. The van der Waals surface area contributed by atoms with Crippen molar-refractivity contribution in [2.45, 2.75) is 18.9 Å². The van der Waals surface area contributed by atoms with Crippen LogP contribution in [-0.4, -0.2) is 45.0 Å². The van der Waals surface area contributed by atoms with Crippen LogP contribution in [-0.2, 0) is 16.0 Å². The summed E-state index contributed by atoms with van der Waals surface area (Å²) in [6.07, 6.45) is 2.16. The number of ether oxygens (including phenoxy) is 1. The number of amides is 1. The molecular weight excluding hydrogens is 298 g/mol. The van der Waals surface area contributed by atoms with Crippen LogP contribution in [0.1, 0.15) is 23.9 Å². The molecule has 1 atom stereocenters. The van der Waals surface area contributed by atoms with Gasteiger partial charge in [-0.2, -0.15) is 0 Å². The van der Waals surface area contributed by atoms with Crippen LogP contribution in [0, 0.1) is 0 Å². The number of aromatic amines is 1. The average molecular weight is 315 g/mol. The van der Waals surface area contributed by atoms with Gasteiger partial charge >= 0.3 is 5.97 Å². The van der Waals surface area contributed by atoms with E-state index < -0.39 is 12.0 Å². The van der Waals surface area contributed by atoms with Gasteiger partial charge in [-0.25, -0.2) is 9.78 Å². The van der Waals surface area contributed by atoms with Crippen molar-refractivity contribution in [2.75, 3.05) is 13.2 Å². The van der Waals surface area contributed by atoms with E-state index in [1.165, 1.54) is 11.2 Å². The molecule has 1 aromatic heterocycles. The number of nitrogens with one attached hydrogen (secondary N) is 1. The van der Waals surface area contributed by atoms with Crippen molar-refractivity contribution in [1.29, 1.82) is 0 Å². The summed E-state index contributed by atoms with van der Waals surface area (Å²) in [5.74, 6) is -0.638. The molecule has 1 aliphatic heterocycles. The Morgan fingerprint density at radius 2 is 2.13 bits per heavy atom. The smallest absolute Gasteiger partial charge is 0.332 e. The zero-order chi connectivity index (χ0) is 16.2. The van der Waals surface area contributed by atoms with Crippen LogP contribution in [0.5, 0.6) is 5.75 Å². The van der Waals surface area contributed by atoms with Crippen molar-refractivity contribution in [3.63, 3.8) is 0 Å². The van der Waals surface area contributed by atoms with Gasteiger partial charge in [0.25, 0.3) is 0 Å². The highest BCUT2D eigenvalue weighted by Crippen LogP contribution is 2.28. The van der Waals surface area contributed by atoms with Crippen LogP contribution in [0.15, 0.2) is 36.7 Å². The molecule has 1 amide bonds. The Morgan fingerprint density at radius 1 is 1.35 bits per heavy atom. The van der Waals surface area contributed by atoms with Crippen molar-refractivity contribution >= 4 is 11.9 Å². The topological polar surface area (TPSA) is 95.5 Å². The summed E-state index contributed by atoms with van der Waals surface area (Å²) in [5.41, 5.74) is 1.20. The maximum atomic E-state index is 12.4. The zero-order valence-corrected chi connectivity index (χ0v) is 12.4. The molecule has 1 aliphatic rings. The van der Waals surface area contributed by atoms with Gasteiger partial charge in [0.15, 0.2) is 6.04 Å². The summed E-state index contributed by atoms with van der Waals surface area (Å²) in [6, 6.07) is 8.16. The zero-order valence-electron chi connectivity index (χ0n) is 12.4. The minimum Gasteiger partial charge on any atom is -0.493 e. The molecule has 0 aliphatic carbocycles. The second-order valence-corrected chi connectivity index (χ2v) is 5.26. The monoisotopic (exact) mass is 315 g/mol. The number of carbonyl (C=O) groups excluding carboxylic acids is 1. The van der Waals surface area contributed by atoms with Crippen molar-refractivity contribution in [3.05, 3.63) is 48.0 Å². The molecule has 0 radical (unpaired) electrons. The van der Waals surface area contributed by atoms with Gasteiger partial charge in [0.2, 0.25) is 5.91 Å². The van der Waals surface area contributed by atoms with E-state index in [1.807, 2.05) is 18.2 Å². The minimum atomic E-state index is -1.07. The second-order valence-electron chi connectivity index (χ2n) is 5.26. The van der Waals surface area contributed by atoms with Crippen LogP contribution in [0.25, 0.3) is 0 Å². The van der Waals surface area contributed by atoms with Gasteiger partial charge in [-0.3, -0.25) is 4.79 Å². The molecule has 7 nitrogen and oxygen atoms in total. The number of hydrogen-bond donors (Lipinski definition) is 2. The molecule has 3 rings (SSSR count). The maximum Gasteiger partial charge on any atom is 0.332 e. The lowest BCUT2D eigenvalue weighted by Gasteiger charge is -2.32. The number of H-pyrrole nitrogens is 1. The highest BCUT2D eigenvalue weighted by Gasteiger charge is 2.37. The summed E-state index contributed by atoms with van der Waals surface area (Å²) in [7, 11) is 0. The van der Waals surface area contributed by atoms with Crippen LogP contribution in [0.2, 0.25) is 0 Å². The van der Waals surface area contributed by atoms with Crippen LogP contribution in [0.3, 0.4) is 0 Å². The Balaban J connectivity index is 1.63. The van der Waals surface area contributed by atoms with Crippen molar-refractivity contribution in [3.8, 4) is 5.75 Å². The predicted molar refractivity (Wildman–Crippen MR) is 80.9 cm³/mol. The summed E-state index contributed by atoms with van der Waals surface area (Å²) < 4.78 is 5.50. The first-order valence-electron chi connectivity index (χ1n) is 7.39. The predicted octanol–water partition coefficient (Wildman–Crippen LogP) is 1.39. The van der Waals surface area contributed by atoms with E-state index in [9.17, 15) is 14.7 Å². The number of fused-ring (bicyclic) bond motifs is 1. The highest BCUT2D eigenvalue weighted by molar-refractivity contribution is 5.85. The first-order chi connectivity index (χ1) is 11.2. The molecule has 2 heterocycles. The highest BCUT2D eigenvalue weighted by atomic mass is 16.5. The Kier molecular flexibility index (Phi) is 4.27. The average Bonchev–Trinajstić information content (AvgIpc) is 3.03. The molecule has 0 bridgehead atoms. The fraction of sp³-hybridized carbons (Fsp3) is 0.312. The lowest BCUT2D eigenvalue weighted by Crippen LogP contribution is -2.44. The van der Waals surface area contributed by atoms with Crippen LogP contribution >= 0.6 is 0 Å². The largest absolute Gasteiger partial charge is 0.493 e. The quantitative estimate of drug-likeness (QED) is 0.869. The second kappa shape index (κ2) is 6.51. The molecule has 0 fully saturated rings. The SMILES string of the molecule is O=C(O)C1c2nc[nH]c2CCN1C(=O)CCOc1ccccc1. The Bertz CT molecular complexity index is 698. The van der Waals surface area contributed by atoms with Gasteiger partial charge in [-0.1, -0.05) is 18.2 Å². The molecule has 1 unspecified atom stereocenters. The van der Waals surface area contributed by atoms with E-state index >= 15 is 0 Å². The van der Waals surface area contributed by atoms with Gasteiger partial charge < -0.3 is 19.7 Å². The summed E-state index contributed by atoms with van der Waals surface area (Å²) in [5, 5.41) is 9.45. The number of benzene rings is 1. The number of imidazole rings is 1. The number of carboxylic acid groups (broad SMARTS) is 1. The van der Waals surface area contributed by atoms with Crippen molar-refractivity contribution in [2.24, 2.45) is 0 Å². The third-order valence-corrected chi connectivity index (χ3v) is 3.81. The first kappa shape index (κ1) is 15.1. The van der Waals surface area contributed by atoms with E-state index in [1.54, 1.807) is 12.1 Å². The molecule has 23 heavy (non-hydrogen) atoms.